The zero-order chi connectivity index (χ0) is 18.6. The number of hydrogen-bond acceptors (Lipinski definition) is 7. The van der Waals surface area contributed by atoms with E-state index in [2.05, 4.69) is 15.3 Å². The van der Waals surface area contributed by atoms with E-state index in [4.69, 9.17) is 19.9 Å². The van der Waals surface area contributed by atoms with Gasteiger partial charge in [-0.25, -0.2) is 4.98 Å². The van der Waals surface area contributed by atoms with Crippen LogP contribution in [0.25, 0.3) is 11.3 Å². The zero-order valence-corrected chi connectivity index (χ0v) is 14.9. The largest absolute Gasteiger partial charge is 0.494 e. The predicted molar refractivity (Wildman–Crippen MR) is 103 cm³/mol. The second-order valence-electron chi connectivity index (χ2n) is 6.00. The van der Waals surface area contributed by atoms with Gasteiger partial charge >= 0.3 is 0 Å². The summed E-state index contributed by atoms with van der Waals surface area (Å²) in [7, 11) is 0. The Hall–Kier alpha value is -3.48. The molecular weight excluding hydrogens is 344 g/mol. The van der Waals surface area contributed by atoms with Gasteiger partial charge in [0.05, 0.1) is 12.3 Å². The first-order chi connectivity index (χ1) is 13.2. The van der Waals surface area contributed by atoms with E-state index in [1.54, 1.807) is 0 Å². The molecular formula is C20H20N4O3. The van der Waals surface area contributed by atoms with E-state index in [0.717, 1.165) is 34.1 Å². The lowest BCUT2D eigenvalue weighted by Gasteiger charge is -2.10. The molecule has 1 aromatic heterocycles. The molecule has 2 heterocycles. The lowest BCUT2D eigenvalue weighted by Crippen LogP contribution is -2.05. The number of nitrogens with one attached hydrogen (secondary N) is 1. The molecule has 2 aromatic carbocycles. The van der Waals surface area contributed by atoms with Crippen LogP contribution in [0.1, 0.15) is 12.5 Å². The van der Waals surface area contributed by atoms with Crippen molar-refractivity contribution >= 4 is 11.8 Å². The molecule has 4 rings (SSSR count). The van der Waals surface area contributed by atoms with Crippen LogP contribution in [0.3, 0.4) is 0 Å². The van der Waals surface area contributed by atoms with Crippen molar-refractivity contribution in [1.82, 2.24) is 9.97 Å². The van der Waals surface area contributed by atoms with Crippen LogP contribution < -0.4 is 25.3 Å². The van der Waals surface area contributed by atoms with Crippen molar-refractivity contribution < 1.29 is 14.2 Å². The van der Waals surface area contributed by atoms with Gasteiger partial charge in [0, 0.05) is 18.2 Å². The van der Waals surface area contributed by atoms with Crippen LogP contribution in [-0.4, -0.2) is 23.4 Å². The number of aromatic nitrogens is 2. The van der Waals surface area contributed by atoms with Crippen molar-refractivity contribution in [3.05, 3.63) is 54.1 Å². The van der Waals surface area contributed by atoms with Gasteiger partial charge in [0.1, 0.15) is 11.6 Å². The van der Waals surface area contributed by atoms with Crippen LogP contribution in [0.5, 0.6) is 17.2 Å². The molecule has 0 radical (unpaired) electrons. The Morgan fingerprint density at radius 3 is 2.85 bits per heavy atom. The van der Waals surface area contributed by atoms with Gasteiger partial charge < -0.3 is 25.3 Å². The van der Waals surface area contributed by atoms with Crippen LogP contribution in [0.4, 0.5) is 11.8 Å². The summed E-state index contributed by atoms with van der Waals surface area (Å²) in [6.07, 6.45) is 0. The molecule has 0 amide bonds. The summed E-state index contributed by atoms with van der Waals surface area (Å²) in [4.78, 5) is 8.62. The molecule has 0 spiro atoms. The average Bonchev–Trinajstić information content (AvgIpc) is 3.14. The number of nitrogens with zero attached hydrogens (tertiary/aromatic N) is 2. The maximum Gasteiger partial charge on any atom is 0.231 e. The fraction of sp³-hybridized carbons (Fsp3) is 0.200. The number of nitrogens with two attached hydrogens (primary N) is 1. The van der Waals surface area contributed by atoms with E-state index in [1.165, 1.54) is 0 Å². The number of hydrogen-bond donors (Lipinski definition) is 2. The van der Waals surface area contributed by atoms with Crippen molar-refractivity contribution in [3.8, 4) is 28.5 Å². The first-order valence-electron chi connectivity index (χ1n) is 8.71. The zero-order valence-electron chi connectivity index (χ0n) is 14.9. The summed E-state index contributed by atoms with van der Waals surface area (Å²) in [5, 5.41) is 3.28. The fourth-order valence-corrected chi connectivity index (χ4v) is 2.86. The monoisotopic (exact) mass is 364 g/mol. The second kappa shape index (κ2) is 7.41. The first kappa shape index (κ1) is 17.0. The van der Waals surface area contributed by atoms with Crippen LogP contribution in [0.2, 0.25) is 0 Å². The molecule has 0 aliphatic carbocycles. The summed E-state index contributed by atoms with van der Waals surface area (Å²) in [6.45, 7) is 3.40. The topological polar surface area (TPSA) is 91.5 Å². The van der Waals surface area contributed by atoms with E-state index < -0.39 is 0 Å². The maximum atomic E-state index is 5.91. The Bertz CT molecular complexity index is 962. The number of nitrogen functional groups attached to an aromatic ring is 1. The van der Waals surface area contributed by atoms with Crippen molar-refractivity contribution in [1.29, 1.82) is 0 Å². The Labute approximate surface area is 157 Å². The Morgan fingerprint density at radius 2 is 1.96 bits per heavy atom. The van der Waals surface area contributed by atoms with Gasteiger partial charge in [-0.3, -0.25) is 0 Å². The van der Waals surface area contributed by atoms with Gasteiger partial charge in [-0.05, 0) is 36.8 Å². The van der Waals surface area contributed by atoms with Gasteiger partial charge in [0.2, 0.25) is 12.7 Å². The number of rotatable bonds is 6. The van der Waals surface area contributed by atoms with E-state index >= 15 is 0 Å². The molecule has 0 atom stereocenters. The Kier molecular flexibility index (Phi) is 4.65. The predicted octanol–water partition coefficient (Wildman–Crippen LogP) is 3.47. The van der Waals surface area contributed by atoms with E-state index in [-0.39, 0.29) is 12.7 Å². The lowest BCUT2D eigenvalue weighted by atomic mass is 10.1. The number of fused-ring (bicyclic) bond motifs is 1. The molecule has 1 aliphatic heterocycles. The molecule has 0 fully saturated rings. The minimum atomic E-state index is 0.211. The van der Waals surface area contributed by atoms with Gasteiger partial charge in [-0.15, -0.1) is 0 Å². The van der Waals surface area contributed by atoms with E-state index in [1.807, 2.05) is 55.5 Å². The number of anilines is 2. The van der Waals surface area contributed by atoms with Gasteiger partial charge in [0.25, 0.3) is 0 Å². The summed E-state index contributed by atoms with van der Waals surface area (Å²) in [6, 6.07) is 15.4. The van der Waals surface area contributed by atoms with Crippen molar-refractivity contribution in [2.75, 3.05) is 24.5 Å². The molecule has 1 aliphatic rings. The minimum Gasteiger partial charge on any atom is -0.494 e. The molecule has 3 N–H and O–H groups in total. The van der Waals surface area contributed by atoms with E-state index in [9.17, 15) is 0 Å². The van der Waals surface area contributed by atoms with Crippen LogP contribution >= 0.6 is 0 Å². The molecule has 3 aromatic rings. The van der Waals surface area contributed by atoms with Crippen LogP contribution in [0, 0.1) is 0 Å². The summed E-state index contributed by atoms with van der Waals surface area (Å²) >= 11 is 0. The summed E-state index contributed by atoms with van der Waals surface area (Å²) < 4.78 is 16.3. The Morgan fingerprint density at radius 1 is 1.07 bits per heavy atom. The van der Waals surface area contributed by atoms with Crippen molar-refractivity contribution in [3.63, 3.8) is 0 Å². The minimum absolute atomic E-state index is 0.211. The molecule has 0 saturated carbocycles. The number of benzene rings is 2. The smallest absolute Gasteiger partial charge is 0.231 e. The maximum absolute atomic E-state index is 5.91. The standard InChI is InChI=1S/C20H20N4O3/c1-2-25-15-5-3-4-14(9-15)16-10-19(24-20(21)23-16)22-11-13-6-7-17-18(8-13)27-12-26-17/h3-10H,2,11-12H2,1H3,(H3,21,22,23,24). The highest BCUT2D eigenvalue weighted by molar-refractivity contribution is 5.65. The first-order valence-corrected chi connectivity index (χ1v) is 8.71. The average molecular weight is 364 g/mol. The molecule has 138 valence electrons. The third-order valence-electron chi connectivity index (χ3n) is 4.09. The molecule has 0 bridgehead atoms. The fourth-order valence-electron chi connectivity index (χ4n) is 2.86. The van der Waals surface area contributed by atoms with Crippen molar-refractivity contribution in [2.24, 2.45) is 0 Å². The SMILES string of the molecule is CCOc1cccc(-c2cc(NCc3ccc4c(c3)OCO4)nc(N)n2)c1. The molecule has 27 heavy (non-hydrogen) atoms. The molecule has 7 heteroatoms. The van der Waals surface area contributed by atoms with Crippen LogP contribution in [0.15, 0.2) is 48.5 Å². The third kappa shape index (κ3) is 3.87. The van der Waals surface area contributed by atoms with Crippen LogP contribution in [-0.2, 0) is 6.54 Å². The Balaban J connectivity index is 1.53. The third-order valence-corrected chi connectivity index (χ3v) is 4.09. The van der Waals surface area contributed by atoms with Gasteiger partial charge in [0.15, 0.2) is 11.5 Å². The number of ether oxygens (including phenoxy) is 3. The van der Waals surface area contributed by atoms with Gasteiger partial charge in [-0.2, -0.15) is 4.98 Å². The normalized spacial score (nSPS) is 12.0. The van der Waals surface area contributed by atoms with Gasteiger partial charge in [-0.1, -0.05) is 18.2 Å². The highest BCUT2D eigenvalue weighted by Crippen LogP contribution is 2.32. The molecule has 7 nitrogen and oxygen atoms in total. The van der Waals surface area contributed by atoms with E-state index in [0.29, 0.717) is 19.0 Å². The summed E-state index contributed by atoms with van der Waals surface area (Å²) in [5.74, 6) is 3.17. The quantitative estimate of drug-likeness (QED) is 0.692. The highest BCUT2D eigenvalue weighted by Gasteiger charge is 2.13. The highest BCUT2D eigenvalue weighted by atomic mass is 16.7. The molecule has 0 saturated heterocycles. The summed E-state index contributed by atoms with van der Waals surface area (Å²) in [5.41, 5.74) is 8.61. The lowest BCUT2D eigenvalue weighted by molar-refractivity contribution is 0.174. The van der Waals surface area contributed by atoms with Crippen molar-refractivity contribution in [2.45, 2.75) is 13.5 Å². The molecule has 0 unspecified atom stereocenters. The second-order valence-corrected chi connectivity index (χ2v) is 6.00.